The van der Waals surface area contributed by atoms with E-state index in [9.17, 15) is 0 Å². The van der Waals surface area contributed by atoms with Crippen molar-refractivity contribution in [2.45, 2.75) is 19.8 Å². The number of benzene rings is 1. The summed E-state index contributed by atoms with van der Waals surface area (Å²) in [6.45, 7) is 2.10. The van der Waals surface area contributed by atoms with Gasteiger partial charge in [0.2, 0.25) is 5.95 Å². The van der Waals surface area contributed by atoms with E-state index in [1.807, 2.05) is 24.3 Å². The molecule has 0 radical (unpaired) electrons. The van der Waals surface area contributed by atoms with Crippen LogP contribution in [0.2, 0.25) is 5.02 Å². The fourth-order valence-electron chi connectivity index (χ4n) is 2.68. The molecule has 0 saturated carbocycles. The standard InChI is InChI=1S/C19H20ClN3O2/c1-4-12-7-15(24-3)9-17(20)16(12)8-14-5-6-18(25-14)13-10-22-19(21-2)23-11-13/h5-7,9-11H,4,8H2,1-3H3,(H,21,22,23). The zero-order valence-corrected chi connectivity index (χ0v) is 15.2. The molecule has 0 atom stereocenters. The van der Waals surface area contributed by atoms with Gasteiger partial charge in [-0.1, -0.05) is 18.5 Å². The molecule has 0 unspecified atom stereocenters. The van der Waals surface area contributed by atoms with Crippen LogP contribution >= 0.6 is 11.6 Å². The second-order valence-corrected chi connectivity index (χ2v) is 6.00. The molecular weight excluding hydrogens is 338 g/mol. The zero-order valence-electron chi connectivity index (χ0n) is 14.5. The Bertz CT molecular complexity index is 860. The number of nitrogens with zero attached hydrogens (tertiary/aromatic N) is 2. The lowest BCUT2D eigenvalue weighted by atomic mass is 10.0. The van der Waals surface area contributed by atoms with Crippen LogP contribution in [0.25, 0.3) is 11.3 Å². The van der Waals surface area contributed by atoms with Crippen LogP contribution in [0.15, 0.2) is 41.1 Å². The Balaban J connectivity index is 1.86. The van der Waals surface area contributed by atoms with E-state index in [0.29, 0.717) is 17.4 Å². The molecule has 0 aliphatic rings. The topological polar surface area (TPSA) is 60.2 Å². The van der Waals surface area contributed by atoms with E-state index in [4.69, 9.17) is 20.8 Å². The summed E-state index contributed by atoms with van der Waals surface area (Å²) >= 11 is 6.45. The maximum Gasteiger partial charge on any atom is 0.222 e. The minimum Gasteiger partial charge on any atom is -0.497 e. The molecule has 0 bridgehead atoms. The lowest BCUT2D eigenvalue weighted by molar-refractivity contribution is 0.414. The minimum atomic E-state index is 0.577. The Labute approximate surface area is 152 Å². The molecule has 3 aromatic rings. The summed E-state index contributed by atoms with van der Waals surface area (Å²) < 4.78 is 11.3. The van der Waals surface area contributed by atoms with E-state index >= 15 is 0 Å². The number of aryl methyl sites for hydroxylation is 1. The quantitative estimate of drug-likeness (QED) is 0.699. The predicted octanol–water partition coefficient (Wildman–Crippen LogP) is 4.59. The molecule has 130 valence electrons. The Hall–Kier alpha value is -2.53. The Morgan fingerprint density at radius 2 is 1.96 bits per heavy atom. The van der Waals surface area contributed by atoms with Crippen molar-refractivity contribution >= 4 is 17.5 Å². The maximum absolute atomic E-state index is 6.45. The van der Waals surface area contributed by atoms with E-state index in [1.54, 1.807) is 26.6 Å². The first-order valence-corrected chi connectivity index (χ1v) is 8.46. The highest BCUT2D eigenvalue weighted by molar-refractivity contribution is 6.31. The summed E-state index contributed by atoms with van der Waals surface area (Å²) in [5, 5.41) is 3.58. The molecular formula is C19H20ClN3O2. The zero-order chi connectivity index (χ0) is 17.8. The van der Waals surface area contributed by atoms with Gasteiger partial charge in [0.25, 0.3) is 0 Å². The lowest BCUT2D eigenvalue weighted by Crippen LogP contribution is -1.97. The number of methoxy groups -OCH3 is 1. The monoisotopic (exact) mass is 357 g/mol. The van der Waals surface area contributed by atoms with Crippen molar-refractivity contribution in [3.63, 3.8) is 0 Å². The SMILES string of the molecule is CCc1cc(OC)cc(Cl)c1Cc1ccc(-c2cnc(NC)nc2)o1. The van der Waals surface area contributed by atoms with Gasteiger partial charge < -0.3 is 14.5 Å². The molecule has 2 aromatic heterocycles. The van der Waals surface area contributed by atoms with Crippen LogP contribution in [-0.2, 0) is 12.8 Å². The molecule has 0 aliphatic heterocycles. The maximum atomic E-state index is 6.45. The first-order valence-electron chi connectivity index (χ1n) is 8.08. The van der Waals surface area contributed by atoms with Gasteiger partial charge in [0.05, 0.1) is 12.7 Å². The van der Waals surface area contributed by atoms with Crippen LogP contribution < -0.4 is 10.1 Å². The molecule has 5 nitrogen and oxygen atoms in total. The van der Waals surface area contributed by atoms with E-state index < -0.39 is 0 Å². The van der Waals surface area contributed by atoms with Gasteiger partial charge >= 0.3 is 0 Å². The Morgan fingerprint density at radius 3 is 2.60 bits per heavy atom. The van der Waals surface area contributed by atoms with Crippen LogP contribution in [0.4, 0.5) is 5.95 Å². The van der Waals surface area contributed by atoms with Crippen molar-refractivity contribution in [3.05, 3.63) is 58.6 Å². The molecule has 1 N–H and O–H groups in total. The van der Waals surface area contributed by atoms with E-state index in [2.05, 4.69) is 22.2 Å². The van der Waals surface area contributed by atoms with Gasteiger partial charge in [0.15, 0.2) is 0 Å². The summed E-state index contributed by atoms with van der Waals surface area (Å²) in [5.74, 6) is 2.93. The summed E-state index contributed by atoms with van der Waals surface area (Å²) in [6.07, 6.45) is 4.97. The van der Waals surface area contributed by atoms with E-state index in [0.717, 1.165) is 40.4 Å². The first-order chi connectivity index (χ1) is 12.1. The van der Waals surface area contributed by atoms with E-state index in [-0.39, 0.29) is 0 Å². The first kappa shape index (κ1) is 17.3. The van der Waals surface area contributed by atoms with Crippen LogP contribution in [0.3, 0.4) is 0 Å². The van der Waals surface area contributed by atoms with Gasteiger partial charge in [-0.25, -0.2) is 9.97 Å². The highest BCUT2D eigenvalue weighted by Gasteiger charge is 2.13. The largest absolute Gasteiger partial charge is 0.497 e. The van der Waals surface area contributed by atoms with Crippen molar-refractivity contribution in [1.29, 1.82) is 0 Å². The number of rotatable bonds is 6. The molecule has 6 heteroatoms. The molecule has 3 rings (SSSR count). The number of ether oxygens (including phenoxy) is 1. The Morgan fingerprint density at radius 1 is 1.20 bits per heavy atom. The minimum absolute atomic E-state index is 0.577. The second kappa shape index (κ2) is 7.57. The van der Waals surface area contributed by atoms with Gasteiger partial charge in [-0.05, 0) is 41.8 Å². The van der Waals surface area contributed by atoms with E-state index in [1.165, 1.54) is 0 Å². The van der Waals surface area contributed by atoms with Crippen LogP contribution in [-0.4, -0.2) is 24.1 Å². The average molecular weight is 358 g/mol. The van der Waals surface area contributed by atoms with Gasteiger partial charge in [-0.15, -0.1) is 0 Å². The second-order valence-electron chi connectivity index (χ2n) is 5.59. The predicted molar refractivity (Wildman–Crippen MR) is 99.5 cm³/mol. The van der Waals surface area contributed by atoms with Crippen molar-refractivity contribution in [3.8, 4) is 17.1 Å². The third-order valence-corrected chi connectivity index (χ3v) is 4.39. The molecule has 0 spiro atoms. The summed E-state index contributed by atoms with van der Waals surface area (Å²) in [7, 11) is 3.43. The van der Waals surface area contributed by atoms with Gasteiger partial charge in [-0.2, -0.15) is 0 Å². The van der Waals surface area contributed by atoms with Gasteiger partial charge in [-0.3, -0.25) is 0 Å². The van der Waals surface area contributed by atoms with Gasteiger partial charge in [0.1, 0.15) is 17.3 Å². The van der Waals surface area contributed by atoms with Crippen molar-refractivity contribution in [2.24, 2.45) is 0 Å². The highest BCUT2D eigenvalue weighted by Crippen LogP contribution is 2.30. The average Bonchev–Trinajstić information content (AvgIpc) is 3.11. The lowest BCUT2D eigenvalue weighted by Gasteiger charge is -2.11. The van der Waals surface area contributed by atoms with Gasteiger partial charge in [0, 0.05) is 30.9 Å². The number of aromatic nitrogens is 2. The number of hydrogen-bond donors (Lipinski definition) is 1. The molecule has 0 saturated heterocycles. The highest BCUT2D eigenvalue weighted by atomic mass is 35.5. The molecule has 1 aromatic carbocycles. The Kier molecular flexibility index (Phi) is 5.24. The number of anilines is 1. The number of halogens is 1. The molecule has 25 heavy (non-hydrogen) atoms. The molecule has 0 fully saturated rings. The van der Waals surface area contributed by atoms with Crippen LogP contribution in [0.5, 0.6) is 5.75 Å². The summed E-state index contributed by atoms with van der Waals surface area (Å²) in [6, 6.07) is 7.75. The van der Waals surface area contributed by atoms with Crippen molar-refractivity contribution in [1.82, 2.24) is 9.97 Å². The van der Waals surface area contributed by atoms with Crippen LogP contribution in [0.1, 0.15) is 23.8 Å². The normalized spacial score (nSPS) is 10.7. The third kappa shape index (κ3) is 3.77. The molecule has 2 heterocycles. The fraction of sp³-hybridized carbons (Fsp3) is 0.263. The van der Waals surface area contributed by atoms with Crippen molar-refractivity contribution < 1.29 is 9.15 Å². The van der Waals surface area contributed by atoms with Crippen LogP contribution in [0, 0.1) is 0 Å². The smallest absolute Gasteiger partial charge is 0.222 e. The summed E-state index contributed by atoms with van der Waals surface area (Å²) in [4.78, 5) is 8.42. The molecule has 0 aliphatic carbocycles. The molecule has 0 amide bonds. The number of furan rings is 1. The number of nitrogens with one attached hydrogen (secondary N) is 1. The summed E-state index contributed by atoms with van der Waals surface area (Å²) in [5.41, 5.74) is 3.05. The third-order valence-electron chi connectivity index (χ3n) is 4.05. The fourth-order valence-corrected chi connectivity index (χ4v) is 2.98. The van der Waals surface area contributed by atoms with Crippen molar-refractivity contribution in [2.75, 3.05) is 19.5 Å². The number of hydrogen-bond acceptors (Lipinski definition) is 5.